The highest BCUT2D eigenvalue weighted by molar-refractivity contribution is 8.42. The van der Waals surface area contributed by atoms with E-state index in [0.717, 1.165) is 40.8 Å². The third kappa shape index (κ3) is 5.80. The summed E-state index contributed by atoms with van der Waals surface area (Å²) >= 11 is 0.752. The van der Waals surface area contributed by atoms with Crippen molar-refractivity contribution in [3.8, 4) is 11.5 Å². The molecule has 2 aliphatic heterocycles. The lowest BCUT2D eigenvalue weighted by molar-refractivity contribution is -0.114. The molecule has 11 heteroatoms. The molecular formula is C24H24N4O5S2. The average molecular weight is 513 g/mol. The third-order valence-electron chi connectivity index (χ3n) is 5.08. The van der Waals surface area contributed by atoms with Gasteiger partial charge in [0.2, 0.25) is 19.4 Å². The number of ether oxygens (including phenoxy) is 2. The number of rotatable bonds is 7. The van der Waals surface area contributed by atoms with Gasteiger partial charge in [-0.1, -0.05) is 25.1 Å². The van der Waals surface area contributed by atoms with Gasteiger partial charge in [0.15, 0.2) is 5.84 Å². The standard InChI is InChI=1S/C24H24N4O5S2/c1-4-16-11-15(2)12-19(13-16)33-10-9-32-18-7-5-17(6-8-18)14-20-21(25)28-23(26-22(20)29)34-24(27-28)35(3,30)31/h5-8,11-14,25H,4,9-10H2,1-3H3/b20-14-,25-21?. The molecular weight excluding hydrogens is 488 g/mol. The quantitative estimate of drug-likeness (QED) is 0.444. The van der Waals surface area contributed by atoms with Crippen LogP contribution < -0.4 is 9.47 Å². The van der Waals surface area contributed by atoms with E-state index in [1.165, 1.54) is 11.6 Å². The summed E-state index contributed by atoms with van der Waals surface area (Å²) in [6.45, 7) is 4.90. The lowest BCUT2D eigenvalue weighted by atomic mass is 10.1. The Balaban J connectivity index is 1.37. The number of benzene rings is 2. The van der Waals surface area contributed by atoms with Crippen molar-refractivity contribution in [2.24, 2.45) is 10.1 Å². The van der Waals surface area contributed by atoms with Crippen LogP contribution in [-0.4, -0.2) is 54.2 Å². The normalized spacial score (nSPS) is 16.8. The number of carbonyl (C=O) groups is 1. The van der Waals surface area contributed by atoms with Gasteiger partial charge in [0.25, 0.3) is 5.91 Å². The molecule has 0 saturated heterocycles. The monoisotopic (exact) mass is 512 g/mol. The van der Waals surface area contributed by atoms with Gasteiger partial charge in [-0.3, -0.25) is 10.2 Å². The van der Waals surface area contributed by atoms with Crippen LogP contribution in [-0.2, 0) is 21.1 Å². The summed E-state index contributed by atoms with van der Waals surface area (Å²) in [6.07, 6.45) is 3.47. The predicted molar refractivity (Wildman–Crippen MR) is 138 cm³/mol. The number of hydrogen-bond acceptors (Lipinski definition) is 8. The molecule has 0 unspecified atom stereocenters. The number of fused-ring (bicyclic) bond motifs is 1. The minimum atomic E-state index is -3.57. The summed E-state index contributed by atoms with van der Waals surface area (Å²) in [7, 11) is -3.57. The zero-order valence-electron chi connectivity index (χ0n) is 19.4. The largest absolute Gasteiger partial charge is 0.490 e. The Bertz CT molecular complexity index is 1380. The van der Waals surface area contributed by atoms with Crippen LogP contribution >= 0.6 is 11.8 Å². The van der Waals surface area contributed by atoms with E-state index in [1.807, 2.05) is 19.1 Å². The van der Waals surface area contributed by atoms with Gasteiger partial charge in [-0.25, -0.2) is 8.42 Å². The summed E-state index contributed by atoms with van der Waals surface area (Å²) < 4.78 is 34.8. The Morgan fingerprint density at radius 3 is 2.43 bits per heavy atom. The fraction of sp³-hybridized carbons (Fsp3) is 0.250. The van der Waals surface area contributed by atoms with Gasteiger partial charge in [0.1, 0.15) is 24.7 Å². The van der Waals surface area contributed by atoms with Crippen LogP contribution in [0.4, 0.5) is 0 Å². The maximum Gasteiger partial charge on any atom is 0.283 e. The second kappa shape index (κ2) is 10.0. The molecule has 2 aliphatic rings. The molecule has 0 bridgehead atoms. The maximum atomic E-state index is 12.5. The topological polar surface area (TPSA) is 121 Å². The molecule has 1 N–H and O–H groups in total. The molecule has 0 aliphatic carbocycles. The fourth-order valence-corrected chi connectivity index (χ4v) is 5.07. The molecule has 0 fully saturated rings. The van der Waals surface area contributed by atoms with Gasteiger partial charge < -0.3 is 9.47 Å². The molecule has 9 nitrogen and oxygen atoms in total. The highest BCUT2D eigenvalue weighted by Gasteiger charge is 2.38. The second-order valence-electron chi connectivity index (χ2n) is 7.93. The molecule has 0 atom stereocenters. The minimum absolute atomic E-state index is 0.0134. The Morgan fingerprint density at radius 2 is 1.77 bits per heavy atom. The summed E-state index contributed by atoms with van der Waals surface area (Å²) in [5.74, 6) is 0.602. The number of hydrazone groups is 1. The number of nitrogens with one attached hydrogen (secondary N) is 1. The van der Waals surface area contributed by atoms with Crippen LogP contribution in [0.5, 0.6) is 11.5 Å². The van der Waals surface area contributed by atoms with E-state index in [9.17, 15) is 13.2 Å². The first-order valence-corrected chi connectivity index (χ1v) is 13.5. The fourth-order valence-electron chi connectivity index (χ4n) is 3.38. The summed E-state index contributed by atoms with van der Waals surface area (Å²) in [4.78, 5) is 16.3. The summed E-state index contributed by atoms with van der Waals surface area (Å²) in [5, 5.41) is 13.4. The van der Waals surface area contributed by atoms with Gasteiger partial charge in [-0.05, 0) is 72.1 Å². The van der Waals surface area contributed by atoms with Crippen molar-refractivity contribution >= 4 is 49.0 Å². The smallest absolute Gasteiger partial charge is 0.283 e. The maximum absolute atomic E-state index is 12.5. The first-order chi connectivity index (χ1) is 16.6. The Hall–Kier alpha value is -3.44. The van der Waals surface area contributed by atoms with Gasteiger partial charge in [-0.15, -0.1) is 5.10 Å². The third-order valence-corrected chi connectivity index (χ3v) is 7.66. The van der Waals surface area contributed by atoms with Crippen molar-refractivity contribution in [2.75, 3.05) is 19.5 Å². The number of nitrogens with zero attached hydrogens (tertiary/aromatic N) is 3. The number of aryl methyl sites for hydroxylation is 2. The Morgan fingerprint density at radius 1 is 1.09 bits per heavy atom. The van der Waals surface area contributed by atoms with Gasteiger partial charge in [0, 0.05) is 6.26 Å². The van der Waals surface area contributed by atoms with E-state index in [2.05, 4.69) is 23.1 Å². The lowest BCUT2D eigenvalue weighted by Crippen LogP contribution is -2.35. The number of thioether (sulfide) groups is 1. The molecule has 2 aromatic rings. The van der Waals surface area contributed by atoms with Crippen LogP contribution in [0.1, 0.15) is 23.6 Å². The van der Waals surface area contributed by atoms with E-state index >= 15 is 0 Å². The zero-order chi connectivity index (χ0) is 25.2. The predicted octanol–water partition coefficient (Wildman–Crippen LogP) is 3.64. The summed E-state index contributed by atoms with van der Waals surface area (Å²) in [5.41, 5.74) is 3.05. The van der Waals surface area contributed by atoms with Crippen LogP contribution in [0.3, 0.4) is 0 Å². The molecule has 35 heavy (non-hydrogen) atoms. The van der Waals surface area contributed by atoms with Gasteiger partial charge >= 0.3 is 0 Å². The number of amidine groups is 2. The van der Waals surface area contributed by atoms with E-state index in [-0.39, 0.29) is 21.0 Å². The number of hydrogen-bond donors (Lipinski definition) is 1. The van der Waals surface area contributed by atoms with Crippen LogP contribution in [0.15, 0.2) is 58.1 Å². The molecule has 0 spiro atoms. The molecule has 2 heterocycles. The van der Waals surface area contributed by atoms with Crippen LogP contribution in [0, 0.1) is 12.3 Å². The average Bonchev–Trinajstić information content (AvgIpc) is 3.25. The second-order valence-corrected chi connectivity index (χ2v) is 11.1. The van der Waals surface area contributed by atoms with Crippen molar-refractivity contribution in [3.63, 3.8) is 0 Å². The molecule has 1 amide bonds. The molecule has 2 aromatic carbocycles. The number of carbonyl (C=O) groups excluding carboxylic acids is 1. The Kier molecular flexibility index (Phi) is 7.08. The van der Waals surface area contributed by atoms with Crippen LogP contribution in [0.25, 0.3) is 6.08 Å². The number of aliphatic imine (C=N–C) groups is 1. The highest BCUT2D eigenvalue weighted by Crippen LogP contribution is 2.30. The van der Waals surface area contributed by atoms with Crippen LogP contribution in [0.2, 0.25) is 0 Å². The van der Waals surface area contributed by atoms with E-state index < -0.39 is 15.7 Å². The lowest BCUT2D eigenvalue weighted by Gasteiger charge is -2.20. The van der Waals surface area contributed by atoms with Gasteiger partial charge in [0.05, 0.1) is 5.57 Å². The minimum Gasteiger partial charge on any atom is -0.490 e. The van der Waals surface area contributed by atoms with Crippen molar-refractivity contribution in [1.29, 1.82) is 5.41 Å². The number of sulfone groups is 1. The first kappa shape index (κ1) is 24.7. The molecule has 0 radical (unpaired) electrons. The van der Waals surface area contributed by atoms with Gasteiger partial charge in [-0.2, -0.15) is 10.0 Å². The molecule has 0 aromatic heterocycles. The highest BCUT2D eigenvalue weighted by atomic mass is 32.3. The van der Waals surface area contributed by atoms with E-state index in [4.69, 9.17) is 14.9 Å². The Labute approximate surface area is 208 Å². The van der Waals surface area contributed by atoms with Crippen molar-refractivity contribution < 1.29 is 22.7 Å². The van der Waals surface area contributed by atoms with Crippen molar-refractivity contribution in [1.82, 2.24) is 5.01 Å². The molecule has 4 rings (SSSR count). The number of amides is 1. The molecule has 0 saturated carbocycles. The molecule has 182 valence electrons. The SMILES string of the molecule is CCc1cc(C)cc(OCCOc2ccc(/C=C3/C(=N)N4N=C(S(C)(=O)=O)SC4=NC3=O)cc2)c1. The summed E-state index contributed by atoms with van der Waals surface area (Å²) in [6, 6.07) is 13.2. The van der Waals surface area contributed by atoms with Crippen molar-refractivity contribution in [2.45, 2.75) is 20.3 Å². The van der Waals surface area contributed by atoms with E-state index in [1.54, 1.807) is 24.3 Å². The van der Waals surface area contributed by atoms with E-state index in [0.29, 0.717) is 24.5 Å². The van der Waals surface area contributed by atoms with Crippen molar-refractivity contribution in [3.05, 3.63) is 64.7 Å². The first-order valence-electron chi connectivity index (χ1n) is 10.8. The zero-order valence-corrected chi connectivity index (χ0v) is 21.1.